The van der Waals surface area contributed by atoms with Crippen LogP contribution in [0.1, 0.15) is 32.6 Å². The minimum Gasteiger partial charge on any atom is -0.356 e. The maximum absolute atomic E-state index is 11.3. The van der Waals surface area contributed by atoms with Crippen molar-refractivity contribution < 1.29 is 4.79 Å². The number of hydrogen-bond donors (Lipinski definition) is 2. The number of nitrogens with one attached hydrogen (secondary N) is 2. The molecule has 1 aliphatic rings. The standard InChI is InChI=1S/C13H27N3O/c1-3-7-15-13(17)4-8-14-11-12-5-9-16(2)10-6-12/h12,14H,3-11H2,1-2H3,(H,15,17). The molecule has 0 aromatic heterocycles. The van der Waals surface area contributed by atoms with Gasteiger partial charge < -0.3 is 15.5 Å². The van der Waals surface area contributed by atoms with Crippen molar-refractivity contribution in [3.8, 4) is 0 Å². The Morgan fingerprint density at radius 2 is 2.00 bits per heavy atom. The summed E-state index contributed by atoms with van der Waals surface area (Å²) in [4.78, 5) is 13.7. The van der Waals surface area contributed by atoms with E-state index in [-0.39, 0.29) is 5.91 Å². The van der Waals surface area contributed by atoms with Crippen LogP contribution in [0.25, 0.3) is 0 Å². The van der Waals surface area contributed by atoms with E-state index in [9.17, 15) is 4.79 Å². The van der Waals surface area contributed by atoms with Crippen LogP contribution >= 0.6 is 0 Å². The third-order valence-corrected chi connectivity index (χ3v) is 3.37. The number of piperidine rings is 1. The SMILES string of the molecule is CCCNC(=O)CCNCC1CCN(C)CC1. The van der Waals surface area contributed by atoms with E-state index in [1.807, 2.05) is 0 Å². The molecule has 1 fully saturated rings. The molecule has 1 heterocycles. The smallest absolute Gasteiger partial charge is 0.221 e. The van der Waals surface area contributed by atoms with Crippen molar-refractivity contribution in [1.82, 2.24) is 15.5 Å². The van der Waals surface area contributed by atoms with Gasteiger partial charge in [-0.3, -0.25) is 4.79 Å². The first-order chi connectivity index (χ1) is 8.22. The Bertz CT molecular complexity index is 213. The molecule has 4 nitrogen and oxygen atoms in total. The monoisotopic (exact) mass is 241 g/mol. The Morgan fingerprint density at radius 3 is 2.65 bits per heavy atom. The van der Waals surface area contributed by atoms with Crippen LogP contribution in [-0.2, 0) is 4.79 Å². The van der Waals surface area contributed by atoms with E-state index in [1.165, 1.54) is 25.9 Å². The molecular weight excluding hydrogens is 214 g/mol. The first-order valence-corrected chi connectivity index (χ1v) is 6.88. The molecular formula is C13H27N3O. The summed E-state index contributed by atoms with van der Waals surface area (Å²) in [6.45, 7) is 7.16. The van der Waals surface area contributed by atoms with E-state index in [0.717, 1.165) is 32.0 Å². The lowest BCUT2D eigenvalue weighted by molar-refractivity contribution is -0.120. The Labute approximate surface area is 105 Å². The van der Waals surface area contributed by atoms with Crippen LogP contribution in [0.4, 0.5) is 0 Å². The van der Waals surface area contributed by atoms with Gasteiger partial charge in [-0.25, -0.2) is 0 Å². The maximum Gasteiger partial charge on any atom is 0.221 e. The van der Waals surface area contributed by atoms with E-state index in [0.29, 0.717) is 6.42 Å². The van der Waals surface area contributed by atoms with Gasteiger partial charge in [-0.15, -0.1) is 0 Å². The summed E-state index contributed by atoms with van der Waals surface area (Å²) in [5, 5.41) is 6.29. The van der Waals surface area contributed by atoms with Gasteiger partial charge in [-0.2, -0.15) is 0 Å². The van der Waals surface area contributed by atoms with Crippen molar-refractivity contribution >= 4 is 5.91 Å². The zero-order valence-corrected chi connectivity index (χ0v) is 11.3. The predicted molar refractivity (Wildman–Crippen MR) is 71.0 cm³/mol. The van der Waals surface area contributed by atoms with Crippen LogP contribution in [0.15, 0.2) is 0 Å². The number of carbonyl (C=O) groups is 1. The normalized spacial score (nSPS) is 18.2. The molecule has 1 amide bonds. The van der Waals surface area contributed by atoms with Crippen molar-refractivity contribution in [3.63, 3.8) is 0 Å². The average Bonchev–Trinajstić information content (AvgIpc) is 2.34. The van der Waals surface area contributed by atoms with E-state index in [2.05, 4.69) is 29.5 Å². The summed E-state index contributed by atoms with van der Waals surface area (Å²) in [7, 11) is 2.18. The van der Waals surface area contributed by atoms with Crippen molar-refractivity contribution in [3.05, 3.63) is 0 Å². The third kappa shape index (κ3) is 6.64. The van der Waals surface area contributed by atoms with Crippen LogP contribution in [0.3, 0.4) is 0 Å². The molecule has 0 bridgehead atoms. The van der Waals surface area contributed by atoms with Crippen LogP contribution in [0.2, 0.25) is 0 Å². The van der Waals surface area contributed by atoms with Crippen LogP contribution in [0, 0.1) is 5.92 Å². The molecule has 0 aromatic rings. The summed E-state index contributed by atoms with van der Waals surface area (Å²) >= 11 is 0. The number of likely N-dealkylation sites (tertiary alicyclic amines) is 1. The van der Waals surface area contributed by atoms with Gasteiger partial charge >= 0.3 is 0 Å². The van der Waals surface area contributed by atoms with Crippen molar-refractivity contribution in [2.45, 2.75) is 32.6 Å². The zero-order valence-electron chi connectivity index (χ0n) is 11.3. The van der Waals surface area contributed by atoms with Gasteiger partial charge in [0.15, 0.2) is 0 Å². The van der Waals surface area contributed by atoms with E-state index < -0.39 is 0 Å². The Morgan fingerprint density at radius 1 is 1.29 bits per heavy atom. The largest absolute Gasteiger partial charge is 0.356 e. The third-order valence-electron chi connectivity index (χ3n) is 3.37. The molecule has 0 aromatic carbocycles. The second-order valence-corrected chi connectivity index (χ2v) is 5.05. The number of carbonyl (C=O) groups excluding carboxylic acids is 1. The molecule has 1 rings (SSSR count). The fourth-order valence-electron chi connectivity index (χ4n) is 2.13. The quantitative estimate of drug-likeness (QED) is 0.649. The minimum absolute atomic E-state index is 0.169. The first-order valence-electron chi connectivity index (χ1n) is 6.88. The fourth-order valence-corrected chi connectivity index (χ4v) is 2.13. The lowest BCUT2D eigenvalue weighted by atomic mass is 9.97. The van der Waals surface area contributed by atoms with E-state index >= 15 is 0 Å². The van der Waals surface area contributed by atoms with Crippen LogP contribution in [0.5, 0.6) is 0 Å². The van der Waals surface area contributed by atoms with Crippen molar-refractivity contribution in [2.24, 2.45) is 5.92 Å². The summed E-state index contributed by atoms with van der Waals surface area (Å²) in [6, 6.07) is 0. The van der Waals surface area contributed by atoms with Gasteiger partial charge in [0.25, 0.3) is 0 Å². The molecule has 0 radical (unpaired) electrons. The number of rotatable bonds is 7. The topological polar surface area (TPSA) is 44.4 Å². The lowest BCUT2D eigenvalue weighted by Gasteiger charge is -2.29. The highest BCUT2D eigenvalue weighted by molar-refractivity contribution is 5.75. The Hall–Kier alpha value is -0.610. The number of hydrogen-bond acceptors (Lipinski definition) is 3. The van der Waals surface area contributed by atoms with Crippen molar-refractivity contribution in [2.75, 3.05) is 39.8 Å². The molecule has 0 unspecified atom stereocenters. The predicted octanol–water partition coefficient (Wildman–Crippen LogP) is 0.834. The van der Waals surface area contributed by atoms with Gasteiger partial charge in [-0.1, -0.05) is 6.92 Å². The van der Waals surface area contributed by atoms with Crippen LogP contribution in [-0.4, -0.2) is 50.6 Å². The van der Waals surface area contributed by atoms with E-state index in [4.69, 9.17) is 0 Å². The first kappa shape index (κ1) is 14.5. The number of amides is 1. The molecule has 4 heteroatoms. The number of nitrogens with zero attached hydrogens (tertiary/aromatic N) is 1. The Kier molecular flexibility index (Phi) is 7.21. The maximum atomic E-state index is 11.3. The molecule has 1 aliphatic heterocycles. The molecule has 100 valence electrons. The van der Waals surface area contributed by atoms with Gasteiger partial charge in [0.2, 0.25) is 5.91 Å². The second-order valence-electron chi connectivity index (χ2n) is 5.05. The highest BCUT2D eigenvalue weighted by atomic mass is 16.1. The molecule has 0 atom stereocenters. The zero-order chi connectivity index (χ0) is 12.5. The lowest BCUT2D eigenvalue weighted by Crippen LogP contribution is -2.36. The highest BCUT2D eigenvalue weighted by Crippen LogP contribution is 2.14. The molecule has 17 heavy (non-hydrogen) atoms. The molecule has 1 saturated heterocycles. The molecule has 2 N–H and O–H groups in total. The highest BCUT2D eigenvalue weighted by Gasteiger charge is 2.15. The fraction of sp³-hybridized carbons (Fsp3) is 0.923. The summed E-state index contributed by atoms with van der Waals surface area (Å²) < 4.78 is 0. The van der Waals surface area contributed by atoms with Crippen LogP contribution < -0.4 is 10.6 Å². The van der Waals surface area contributed by atoms with Gasteiger partial charge in [-0.05, 0) is 51.9 Å². The van der Waals surface area contributed by atoms with Gasteiger partial charge in [0.05, 0.1) is 0 Å². The average molecular weight is 241 g/mol. The summed E-state index contributed by atoms with van der Waals surface area (Å²) in [6.07, 6.45) is 4.18. The summed E-state index contributed by atoms with van der Waals surface area (Å²) in [5.41, 5.74) is 0. The van der Waals surface area contributed by atoms with Gasteiger partial charge in [0, 0.05) is 19.5 Å². The van der Waals surface area contributed by atoms with Crippen molar-refractivity contribution in [1.29, 1.82) is 0 Å². The van der Waals surface area contributed by atoms with Gasteiger partial charge in [0.1, 0.15) is 0 Å². The minimum atomic E-state index is 0.169. The van der Waals surface area contributed by atoms with E-state index in [1.54, 1.807) is 0 Å². The molecule has 0 spiro atoms. The summed E-state index contributed by atoms with van der Waals surface area (Å²) in [5.74, 6) is 0.965. The molecule has 0 saturated carbocycles. The molecule has 0 aliphatic carbocycles. The second kappa shape index (κ2) is 8.48. The Balaban J connectivity index is 1.95.